The number of fused-ring (bicyclic) bond motifs is 10. The van der Waals surface area contributed by atoms with E-state index in [1.807, 2.05) is 11.3 Å². The van der Waals surface area contributed by atoms with Crippen LogP contribution >= 0.6 is 11.3 Å². The Morgan fingerprint density at radius 1 is 0.316 bits per heavy atom. The maximum absolute atomic E-state index is 2.52. The fourth-order valence-electron chi connectivity index (χ4n) is 9.15. The zero-order valence-corrected chi connectivity index (χ0v) is 31.7. The lowest BCUT2D eigenvalue weighted by Crippen LogP contribution is -1.95. The Bertz CT molecular complexity index is 3510. The Kier molecular flexibility index (Phi) is 7.13. The molecule has 0 aliphatic rings. The van der Waals surface area contributed by atoms with Crippen LogP contribution in [0.3, 0.4) is 0 Å². The van der Waals surface area contributed by atoms with Crippen molar-refractivity contribution in [3.63, 3.8) is 0 Å². The summed E-state index contributed by atoms with van der Waals surface area (Å²) in [7, 11) is 0. The van der Waals surface area contributed by atoms with Gasteiger partial charge in [-0.25, -0.2) is 0 Å². The van der Waals surface area contributed by atoms with Gasteiger partial charge in [0.05, 0.1) is 26.8 Å². The van der Waals surface area contributed by atoms with E-state index in [9.17, 15) is 0 Å². The smallest absolute Gasteiger partial charge is 0.0726 e. The summed E-state index contributed by atoms with van der Waals surface area (Å²) in [5, 5.41) is 7.63. The summed E-state index contributed by atoms with van der Waals surface area (Å²) in [6, 6.07) is 75.6. The zero-order valence-electron chi connectivity index (χ0n) is 30.9. The van der Waals surface area contributed by atoms with E-state index in [2.05, 4.69) is 215 Å². The molecular weight excluding hydrogens is 709 g/mol. The molecule has 0 bridgehead atoms. The highest BCUT2D eigenvalue weighted by Crippen LogP contribution is 2.48. The maximum Gasteiger partial charge on any atom is 0.0726 e. The van der Waals surface area contributed by atoms with Gasteiger partial charge in [-0.15, -0.1) is 11.3 Å². The van der Waals surface area contributed by atoms with Gasteiger partial charge in [0.2, 0.25) is 0 Å². The highest BCUT2D eigenvalue weighted by atomic mass is 32.1. The van der Waals surface area contributed by atoms with E-state index in [0.29, 0.717) is 0 Å². The molecule has 0 saturated heterocycles. The van der Waals surface area contributed by atoms with Gasteiger partial charge >= 0.3 is 0 Å². The second-order valence-corrected chi connectivity index (χ2v) is 15.9. The van der Waals surface area contributed by atoms with Gasteiger partial charge in [0.15, 0.2) is 0 Å². The van der Waals surface area contributed by atoms with Gasteiger partial charge in [-0.05, 0) is 94.0 Å². The molecule has 0 amide bonds. The monoisotopic (exact) mass is 742 g/mol. The lowest BCUT2D eigenvalue weighted by Gasteiger charge is -2.13. The zero-order chi connectivity index (χ0) is 37.5. The van der Waals surface area contributed by atoms with Crippen molar-refractivity contribution in [1.82, 2.24) is 9.13 Å². The highest BCUT2D eigenvalue weighted by Gasteiger charge is 2.23. The molecule has 0 spiro atoms. The molecule has 12 rings (SSSR count). The Hall–Kier alpha value is -7.20. The molecule has 2 nitrogen and oxygen atoms in total. The third kappa shape index (κ3) is 4.96. The van der Waals surface area contributed by atoms with Crippen molar-refractivity contribution >= 4 is 75.1 Å². The second-order valence-electron chi connectivity index (χ2n) is 14.9. The minimum atomic E-state index is 1.16. The highest BCUT2D eigenvalue weighted by molar-refractivity contribution is 7.26. The number of nitrogens with zero attached hydrogens (tertiary/aromatic N) is 2. The summed E-state index contributed by atoms with van der Waals surface area (Å²) in [5.74, 6) is 0. The Labute approximate surface area is 333 Å². The average Bonchev–Trinajstić information content (AvgIpc) is 3.95. The van der Waals surface area contributed by atoms with Crippen molar-refractivity contribution < 1.29 is 0 Å². The second kappa shape index (κ2) is 12.7. The fraction of sp³-hybridized carbons (Fsp3) is 0. The lowest BCUT2D eigenvalue weighted by atomic mass is 9.95. The van der Waals surface area contributed by atoms with E-state index in [-0.39, 0.29) is 0 Å². The van der Waals surface area contributed by atoms with Gasteiger partial charge in [-0.1, -0.05) is 146 Å². The van der Waals surface area contributed by atoms with Crippen molar-refractivity contribution in [3.8, 4) is 44.8 Å². The number of hydrogen-bond donors (Lipinski definition) is 0. The van der Waals surface area contributed by atoms with E-state index in [1.165, 1.54) is 97.2 Å². The van der Waals surface area contributed by atoms with Crippen LogP contribution in [0.5, 0.6) is 0 Å². The molecule has 0 N–H and O–H groups in total. The molecule has 9 aromatic carbocycles. The van der Waals surface area contributed by atoms with Gasteiger partial charge < -0.3 is 9.13 Å². The maximum atomic E-state index is 2.52. The van der Waals surface area contributed by atoms with Gasteiger partial charge in [0.1, 0.15) is 0 Å². The normalized spacial score (nSPS) is 11.9. The average molecular weight is 743 g/mol. The summed E-state index contributed by atoms with van der Waals surface area (Å²) >= 11 is 1.90. The topological polar surface area (TPSA) is 9.86 Å². The molecule has 3 heteroatoms. The van der Waals surface area contributed by atoms with Crippen LogP contribution in [0.2, 0.25) is 0 Å². The number of hydrogen-bond acceptors (Lipinski definition) is 1. The van der Waals surface area contributed by atoms with Crippen LogP contribution in [-0.2, 0) is 0 Å². The largest absolute Gasteiger partial charge is 0.309 e. The van der Waals surface area contributed by atoms with Crippen LogP contribution in [0.25, 0.3) is 109 Å². The first-order valence-electron chi connectivity index (χ1n) is 19.5. The number of thiophene rings is 1. The van der Waals surface area contributed by atoms with Crippen LogP contribution in [0.4, 0.5) is 0 Å². The van der Waals surface area contributed by atoms with E-state index in [1.54, 1.807) is 0 Å². The summed E-state index contributed by atoms with van der Waals surface area (Å²) in [6.45, 7) is 0. The summed E-state index contributed by atoms with van der Waals surface area (Å²) in [4.78, 5) is 0. The Balaban J connectivity index is 1.15. The standard InChI is InChI=1S/C54H34N2S/c1-3-15-35(16-4-1)37-19-13-21-40(31-37)55-48-26-10-7-23-42(48)46-33-39(29-30-50(46)55)45-34-47-43-24-9-12-28-51(43)57-54(47)53-52(45)44-25-8-11-27-49(44)56(53)41-22-14-20-38(32-41)36-17-5-2-6-18-36/h1-34H. The number of aromatic nitrogens is 2. The first-order valence-corrected chi connectivity index (χ1v) is 20.3. The van der Waals surface area contributed by atoms with Crippen LogP contribution in [0.15, 0.2) is 206 Å². The summed E-state index contributed by atoms with van der Waals surface area (Å²) in [6.07, 6.45) is 0. The van der Waals surface area contributed by atoms with Crippen LogP contribution in [-0.4, -0.2) is 9.13 Å². The minimum Gasteiger partial charge on any atom is -0.309 e. The number of para-hydroxylation sites is 2. The van der Waals surface area contributed by atoms with Gasteiger partial charge in [0.25, 0.3) is 0 Å². The third-order valence-electron chi connectivity index (χ3n) is 11.7. The molecule has 0 atom stereocenters. The first kappa shape index (κ1) is 32.1. The van der Waals surface area contributed by atoms with Crippen molar-refractivity contribution in [1.29, 1.82) is 0 Å². The SMILES string of the molecule is c1ccc(-c2cccc(-n3c4ccccc4c4cc(-c5cc6c7ccccc7sc6c6c5c5ccccc5n6-c5cccc(-c6ccccc6)c5)ccc43)c2)cc1. The van der Waals surface area contributed by atoms with Crippen LogP contribution < -0.4 is 0 Å². The fourth-order valence-corrected chi connectivity index (χ4v) is 10.4. The van der Waals surface area contributed by atoms with Gasteiger partial charge in [-0.3, -0.25) is 0 Å². The quantitative estimate of drug-likeness (QED) is 0.166. The van der Waals surface area contributed by atoms with Crippen molar-refractivity contribution in [3.05, 3.63) is 206 Å². The van der Waals surface area contributed by atoms with Gasteiger partial charge in [0, 0.05) is 48.4 Å². The predicted octanol–water partition coefficient (Wildman–Crippen LogP) is 15.2. The molecule has 0 aliphatic heterocycles. The number of rotatable bonds is 5. The van der Waals surface area contributed by atoms with Crippen LogP contribution in [0.1, 0.15) is 0 Å². The molecule has 3 aromatic heterocycles. The molecule has 0 radical (unpaired) electrons. The lowest BCUT2D eigenvalue weighted by molar-refractivity contribution is 1.18. The van der Waals surface area contributed by atoms with Crippen LogP contribution in [0, 0.1) is 0 Å². The predicted molar refractivity (Wildman–Crippen MR) is 244 cm³/mol. The van der Waals surface area contributed by atoms with Gasteiger partial charge in [-0.2, -0.15) is 0 Å². The molecule has 12 aromatic rings. The van der Waals surface area contributed by atoms with Crippen molar-refractivity contribution in [2.24, 2.45) is 0 Å². The van der Waals surface area contributed by atoms with E-state index >= 15 is 0 Å². The Morgan fingerprint density at radius 3 is 1.56 bits per heavy atom. The van der Waals surface area contributed by atoms with Crippen molar-refractivity contribution in [2.75, 3.05) is 0 Å². The molecule has 0 saturated carbocycles. The molecule has 0 unspecified atom stereocenters. The van der Waals surface area contributed by atoms with E-state index in [4.69, 9.17) is 0 Å². The molecule has 3 heterocycles. The molecule has 57 heavy (non-hydrogen) atoms. The summed E-state index contributed by atoms with van der Waals surface area (Å²) in [5.41, 5.74) is 14.5. The third-order valence-corrected chi connectivity index (χ3v) is 12.9. The van der Waals surface area contributed by atoms with E-state index < -0.39 is 0 Å². The molecule has 266 valence electrons. The molecular formula is C54H34N2S. The minimum absolute atomic E-state index is 1.16. The summed E-state index contributed by atoms with van der Waals surface area (Å²) < 4.78 is 7.56. The molecule has 0 aliphatic carbocycles. The number of benzene rings is 9. The van der Waals surface area contributed by atoms with Crippen molar-refractivity contribution in [2.45, 2.75) is 0 Å². The van der Waals surface area contributed by atoms with E-state index in [0.717, 1.165) is 11.4 Å². The Morgan fingerprint density at radius 2 is 0.860 bits per heavy atom. The molecule has 0 fully saturated rings. The first-order chi connectivity index (χ1) is 28.3.